The molecule has 0 aromatic heterocycles. The summed E-state index contributed by atoms with van der Waals surface area (Å²) in [5, 5.41) is 1.30. The van der Waals surface area contributed by atoms with E-state index in [0.717, 1.165) is 36.8 Å². The van der Waals surface area contributed by atoms with Crippen molar-refractivity contribution < 1.29 is 32.6 Å². The number of hydrogen-bond donors (Lipinski definition) is 3. The molecule has 2 aromatic carbocycles. The molecule has 0 bridgehead atoms. The van der Waals surface area contributed by atoms with Gasteiger partial charge in [0.15, 0.2) is 0 Å². The third kappa shape index (κ3) is 13.4. The fraction of sp³-hybridized carbons (Fsp3) is 0.531. The lowest BCUT2D eigenvalue weighted by atomic mass is 9.96. The second kappa shape index (κ2) is 16.2. The zero-order chi connectivity index (χ0) is 32.2. The van der Waals surface area contributed by atoms with E-state index in [1.54, 1.807) is 65.8 Å². The van der Waals surface area contributed by atoms with Crippen LogP contribution in [0.4, 0.5) is 18.4 Å². The standard InChI is InChI=1S/C16H21FN2O3.C16H25FN2O2/c1-16(2,3)22-15(21)18-19-13(5-4-6-14(19)20)11-7-9-12(17)10-8-11;1-5-6-7-14(12-8-10-13(17)11-9-12)18-19-15(20)21-16(2,3)4/h7-10,13H,4-6H2,1-3H3,(H,18,21);8-11,14,18H,5-7H2,1-4H3,(H,19,20). The van der Waals surface area contributed by atoms with E-state index in [0.29, 0.717) is 12.8 Å². The number of carbonyl (C=O) groups is 3. The molecule has 9 nitrogen and oxygen atoms in total. The van der Waals surface area contributed by atoms with Gasteiger partial charge >= 0.3 is 12.2 Å². The van der Waals surface area contributed by atoms with Crippen LogP contribution in [0.25, 0.3) is 0 Å². The van der Waals surface area contributed by atoms with Gasteiger partial charge in [-0.15, -0.1) is 0 Å². The Kier molecular flexibility index (Phi) is 13.4. The summed E-state index contributed by atoms with van der Waals surface area (Å²) >= 11 is 0. The molecular weight excluding hydrogens is 558 g/mol. The molecule has 0 aliphatic carbocycles. The first-order chi connectivity index (χ1) is 20.1. The molecule has 0 spiro atoms. The van der Waals surface area contributed by atoms with Crippen molar-refractivity contribution in [2.45, 2.75) is 110 Å². The van der Waals surface area contributed by atoms with Crippen LogP contribution >= 0.6 is 0 Å². The molecule has 0 radical (unpaired) electrons. The Bertz CT molecular complexity index is 1180. The fourth-order valence-corrected chi connectivity index (χ4v) is 4.29. The van der Waals surface area contributed by atoms with E-state index in [-0.39, 0.29) is 29.6 Å². The first-order valence-corrected chi connectivity index (χ1v) is 14.6. The number of amides is 3. The zero-order valence-corrected chi connectivity index (χ0v) is 26.3. The number of rotatable bonds is 8. The van der Waals surface area contributed by atoms with Gasteiger partial charge in [0.25, 0.3) is 0 Å². The molecule has 0 saturated carbocycles. The summed E-state index contributed by atoms with van der Waals surface area (Å²) in [4.78, 5) is 35.7. The second-order valence-electron chi connectivity index (χ2n) is 12.4. The van der Waals surface area contributed by atoms with E-state index in [2.05, 4.69) is 23.2 Å². The van der Waals surface area contributed by atoms with Gasteiger partial charge in [-0.2, -0.15) is 0 Å². The number of hydrazine groups is 2. The van der Waals surface area contributed by atoms with Crippen molar-refractivity contribution in [2.75, 3.05) is 0 Å². The van der Waals surface area contributed by atoms with Gasteiger partial charge in [0.2, 0.25) is 5.91 Å². The number of carbonyl (C=O) groups excluding carboxylic acids is 3. The Morgan fingerprint density at radius 1 is 0.907 bits per heavy atom. The molecule has 1 aliphatic heterocycles. The Balaban J connectivity index is 0.000000301. The molecule has 2 unspecified atom stereocenters. The number of ether oxygens (including phenoxy) is 2. The van der Waals surface area contributed by atoms with Gasteiger partial charge in [0.05, 0.1) is 12.1 Å². The monoisotopic (exact) mass is 604 g/mol. The summed E-state index contributed by atoms with van der Waals surface area (Å²) in [6.45, 7) is 12.8. The predicted octanol–water partition coefficient (Wildman–Crippen LogP) is 7.41. The van der Waals surface area contributed by atoms with Gasteiger partial charge in [0, 0.05) is 6.42 Å². The molecule has 2 aromatic rings. The Labute approximate surface area is 253 Å². The van der Waals surface area contributed by atoms with Crippen molar-refractivity contribution in [1.82, 2.24) is 21.3 Å². The van der Waals surface area contributed by atoms with E-state index in [1.165, 1.54) is 29.3 Å². The fourth-order valence-electron chi connectivity index (χ4n) is 4.29. The van der Waals surface area contributed by atoms with Crippen molar-refractivity contribution in [2.24, 2.45) is 0 Å². The van der Waals surface area contributed by atoms with Crippen LogP contribution in [-0.4, -0.2) is 34.3 Å². The second-order valence-corrected chi connectivity index (χ2v) is 12.4. The highest BCUT2D eigenvalue weighted by atomic mass is 19.1. The normalized spacial score (nSPS) is 16.0. The van der Waals surface area contributed by atoms with E-state index >= 15 is 0 Å². The van der Waals surface area contributed by atoms with Crippen LogP contribution < -0.4 is 16.3 Å². The average Bonchev–Trinajstić information content (AvgIpc) is 2.89. The van der Waals surface area contributed by atoms with Crippen LogP contribution in [0, 0.1) is 11.6 Å². The molecule has 11 heteroatoms. The van der Waals surface area contributed by atoms with Gasteiger partial charge < -0.3 is 9.47 Å². The third-order valence-corrected chi connectivity index (χ3v) is 6.18. The van der Waals surface area contributed by atoms with Gasteiger partial charge in [-0.05, 0) is 96.2 Å². The molecule has 1 heterocycles. The van der Waals surface area contributed by atoms with E-state index in [4.69, 9.17) is 9.47 Å². The maximum atomic E-state index is 13.1. The molecular formula is C32H46F2N4O5. The van der Waals surface area contributed by atoms with Crippen LogP contribution in [0.3, 0.4) is 0 Å². The smallest absolute Gasteiger partial charge is 0.426 e. The number of piperidine rings is 1. The lowest BCUT2D eigenvalue weighted by Crippen LogP contribution is -2.51. The molecule has 2 atom stereocenters. The summed E-state index contributed by atoms with van der Waals surface area (Å²) in [6.07, 6.45) is 3.50. The molecule has 3 amide bonds. The van der Waals surface area contributed by atoms with Crippen LogP contribution in [0.1, 0.15) is 110 Å². The number of nitrogens with one attached hydrogen (secondary N) is 3. The van der Waals surface area contributed by atoms with Gasteiger partial charge in [-0.25, -0.2) is 34.2 Å². The Morgan fingerprint density at radius 2 is 1.44 bits per heavy atom. The van der Waals surface area contributed by atoms with Crippen molar-refractivity contribution in [3.05, 3.63) is 71.3 Å². The first kappa shape index (κ1) is 35.5. The summed E-state index contributed by atoms with van der Waals surface area (Å²) in [5.74, 6) is -0.780. The quantitative estimate of drug-likeness (QED) is 0.271. The number of unbranched alkanes of at least 4 members (excludes halogenated alkanes) is 1. The number of nitrogens with zero attached hydrogens (tertiary/aromatic N) is 1. The molecule has 1 fully saturated rings. The van der Waals surface area contributed by atoms with Crippen LogP contribution in [0.15, 0.2) is 48.5 Å². The SMILES string of the molecule is CC(C)(C)OC(=O)NN1C(=O)CCCC1c1ccc(F)cc1.CCCCC(NNC(=O)OC(C)(C)C)c1ccc(F)cc1. The Hall–Kier alpha value is -3.73. The summed E-state index contributed by atoms with van der Waals surface area (Å²) in [5.41, 5.74) is 8.57. The van der Waals surface area contributed by atoms with E-state index in [9.17, 15) is 23.2 Å². The first-order valence-electron chi connectivity index (χ1n) is 14.6. The van der Waals surface area contributed by atoms with Crippen LogP contribution in [0.2, 0.25) is 0 Å². The minimum atomic E-state index is -0.671. The zero-order valence-electron chi connectivity index (χ0n) is 26.3. The molecule has 3 N–H and O–H groups in total. The highest BCUT2D eigenvalue weighted by Crippen LogP contribution is 2.30. The lowest BCUT2D eigenvalue weighted by molar-refractivity contribution is -0.140. The van der Waals surface area contributed by atoms with Crippen molar-refractivity contribution in [3.8, 4) is 0 Å². The highest BCUT2D eigenvalue weighted by Gasteiger charge is 2.32. The summed E-state index contributed by atoms with van der Waals surface area (Å²) in [7, 11) is 0. The minimum absolute atomic E-state index is 0.0712. The van der Waals surface area contributed by atoms with E-state index in [1.807, 2.05) is 0 Å². The summed E-state index contributed by atoms with van der Waals surface area (Å²) in [6, 6.07) is 11.9. The maximum Gasteiger partial charge on any atom is 0.426 e. The van der Waals surface area contributed by atoms with Gasteiger partial charge in [-0.1, -0.05) is 44.0 Å². The third-order valence-electron chi connectivity index (χ3n) is 6.18. The van der Waals surface area contributed by atoms with Crippen molar-refractivity contribution >= 4 is 18.1 Å². The average molecular weight is 605 g/mol. The number of hydrogen-bond acceptors (Lipinski definition) is 6. The topological polar surface area (TPSA) is 109 Å². The molecule has 1 aliphatic rings. The van der Waals surface area contributed by atoms with Crippen molar-refractivity contribution in [3.63, 3.8) is 0 Å². The molecule has 238 valence electrons. The molecule has 3 rings (SSSR count). The van der Waals surface area contributed by atoms with Gasteiger partial charge in [-0.3, -0.25) is 10.2 Å². The summed E-state index contributed by atoms with van der Waals surface area (Å²) < 4.78 is 36.4. The minimum Gasteiger partial charge on any atom is -0.443 e. The maximum absolute atomic E-state index is 13.1. The lowest BCUT2D eigenvalue weighted by Gasteiger charge is -2.36. The number of benzene rings is 2. The highest BCUT2D eigenvalue weighted by molar-refractivity contribution is 5.80. The van der Waals surface area contributed by atoms with Gasteiger partial charge in [0.1, 0.15) is 22.8 Å². The van der Waals surface area contributed by atoms with Crippen LogP contribution in [0.5, 0.6) is 0 Å². The van der Waals surface area contributed by atoms with E-state index < -0.39 is 23.4 Å². The molecule has 1 saturated heterocycles. The van der Waals surface area contributed by atoms with Crippen molar-refractivity contribution in [1.29, 1.82) is 0 Å². The molecule has 43 heavy (non-hydrogen) atoms. The largest absolute Gasteiger partial charge is 0.443 e. The number of halogens is 2. The Morgan fingerprint density at radius 3 is 1.98 bits per heavy atom. The van der Waals surface area contributed by atoms with Crippen LogP contribution in [-0.2, 0) is 14.3 Å². The predicted molar refractivity (Wildman–Crippen MR) is 160 cm³/mol.